The van der Waals surface area contributed by atoms with E-state index in [0.717, 1.165) is 12.8 Å². The lowest BCUT2D eigenvalue weighted by Crippen LogP contribution is -2.50. The van der Waals surface area contributed by atoms with E-state index in [2.05, 4.69) is 5.10 Å². The minimum absolute atomic E-state index is 0.273. The number of ether oxygens (including phenoxy) is 1. The molecule has 1 amide bonds. The van der Waals surface area contributed by atoms with Gasteiger partial charge in [0.25, 0.3) is 0 Å². The second-order valence-electron chi connectivity index (χ2n) is 6.59. The maximum atomic E-state index is 13.0. The van der Waals surface area contributed by atoms with Crippen LogP contribution in [0.15, 0.2) is 11.1 Å². The van der Waals surface area contributed by atoms with Gasteiger partial charge in [-0.25, -0.2) is 13.2 Å². The highest BCUT2D eigenvalue weighted by Gasteiger charge is 2.33. The summed E-state index contributed by atoms with van der Waals surface area (Å²) in [5.41, 5.74) is 0.541. The minimum atomic E-state index is -3.59. The summed E-state index contributed by atoms with van der Waals surface area (Å²) in [6.07, 6.45) is 5.74. The molecule has 1 aliphatic heterocycles. The zero-order valence-electron chi connectivity index (χ0n) is 14.8. The van der Waals surface area contributed by atoms with E-state index in [1.807, 2.05) is 4.68 Å². The summed E-state index contributed by atoms with van der Waals surface area (Å²) in [4.78, 5) is 13.6. The lowest BCUT2D eigenvalue weighted by atomic mass is 10.3. The zero-order valence-corrected chi connectivity index (χ0v) is 15.7. The Labute approximate surface area is 148 Å². The highest BCUT2D eigenvalue weighted by Crippen LogP contribution is 2.31. The van der Waals surface area contributed by atoms with Crippen molar-refractivity contribution < 1.29 is 17.9 Å². The second kappa shape index (κ2) is 7.33. The van der Waals surface area contributed by atoms with Crippen LogP contribution in [0.1, 0.15) is 44.3 Å². The number of hydrogen-bond acceptors (Lipinski definition) is 5. The SMILES string of the molecule is CCOC(=O)N1CCN(S(=O)(=O)c2cn(C3CCCC3)nc2C)CC1. The van der Waals surface area contributed by atoms with Crippen LogP contribution in [-0.4, -0.2) is 66.3 Å². The van der Waals surface area contributed by atoms with Crippen LogP contribution in [0, 0.1) is 6.92 Å². The van der Waals surface area contributed by atoms with Crippen molar-refractivity contribution >= 4 is 16.1 Å². The maximum absolute atomic E-state index is 13.0. The molecule has 1 aromatic rings. The van der Waals surface area contributed by atoms with Crippen LogP contribution in [0.5, 0.6) is 0 Å². The van der Waals surface area contributed by atoms with Crippen LogP contribution in [0.25, 0.3) is 0 Å². The molecule has 1 saturated heterocycles. The average Bonchev–Trinajstić information content (AvgIpc) is 3.24. The number of nitrogens with zero attached hydrogens (tertiary/aromatic N) is 4. The third-order valence-electron chi connectivity index (χ3n) is 4.95. The van der Waals surface area contributed by atoms with E-state index < -0.39 is 10.0 Å². The molecule has 8 nitrogen and oxygen atoms in total. The van der Waals surface area contributed by atoms with Crippen LogP contribution >= 0.6 is 0 Å². The fourth-order valence-electron chi connectivity index (χ4n) is 3.54. The molecule has 2 aliphatic rings. The average molecular weight is 370 g/mol. The zero-order chi connectivity index (χ0) is 18.0. The molecule has 25 heavy (non-hydrogen) atoms. The lowest BCUT2D eigenvalue weighted by molar-refractivity contribution is 0.0934. The number of carbonyl (C=O) groups excluding carboxylic acids is 1. The topological polar surface area (TPSA) is 84.7 Å². The highest BCUT2D eigenvalue weighted by atomic mass is 32.2. The summed E-state index contributed by atoms with van der Waals surface area (Å²) in [7, 11) is -3.59. The number of sulfonamides is 1. The Morgan fingerprint density at radius 2 is 1.88 bits per heavy atom. The molecule has 0 atom stereocenters. The minimum Gasteiger partial charge on any atom is -0.450 e. The van der Waals surface area contributed by atoms with Crippen molar-refractivity contribution in [2.24, 2.45) is 0 Å². The Hall–Kier alpha value is -1.61. The first-order valence-corrected chi connectivity index (χ1v) is 10.3. The largest absolute Gasteiger partial charge is 0.450 e. The Morgan fingerprint density at radius 1 is 1.24 bits per heavy atom. The van der Waals surface area contributed by atoms with Gasteiger partial charge in [0.1, 0.15) is 4.90 Å². The number of hydrogen-bond donors (Lipinski definition) is 0. The van der Waals surface area contributed by atoms with Crippen LogP contribution in [0.3, 0.4) is 0 Å². The van der Waals surface area contributed by atoms with E-state index in [9.17, 15) is 13.2 Å². The molecule has 1 aromatic heterocycles. The number of rotatable bonds is 4. The van der Waals surface area contributed by atoms with E-state index >= 15 is 0 Å². The van der Waals surface area contributed by atoms with Gasteiger partial charge in [0.05, 0.1) is 18.3 Å². The van der Waals surface area contributed by atoms with Gasteiger partial charge in [0.2, 0.25) is 10.0 Å². The molecule has 1 saturated carbocycles. The third kappa shape index (κ3) is 3.67. The summed E-state index contributed by atoms with van der Waals surface area (Å²) in [6.45, 7) is 5.04. The summed E-state index contributed by atoms with van der Waals surface area (Å²) in [5, 5.41) is 4.45. The van der Waals surface area contributed by atoms with Gasteiger partial charge in [0, 0.05) is 32.4 Å². The molecule has 1 aliphatic carbocycles. The standard InChI is InChI=1S/C16H26N4O4S/c1-3-24-16(21)18-8-10-19(11-9-18)25(22,23)15-12-20(17-13(15)2)14-6-4-5-7-14/h12,14H,3-11H2,1-2H3. The monoisotopic (exact) mass is 370 g/mol. The van der Waals surface area contributed by atoms with E-state index in [1.165, 1.54) is 17.1 Å². The summed E-state index contributed by atoms with van der Waals surface area (Å²) >= 11 is 0. The van der Waals surface area contributed by atoms with Crippen molar-refractivity contribution in [1.29, 1.82) is 0 Å². The van der Waals surface area contributed by atoms with Gasteiger partial charge in [-0.05, 0) is 26.7 Å². The fraction of sp³-hybridized carbons (Fsp3) is 0.750. The smallest absolute Gasteiger partial charge is 0.409 e. The first-order chi connectivity index (χ1) is 11.9. The Morgan fingerprint density at radius 3 is 2.48 bits per heavy atom. The van der Waals surface area contributed by atoms with Crippen molar-refractivity contribution in [3.8, 4) is 0 Å². The quantitative estimate of drug-likeness (QED) is 0.806. The number of carbonyl (C=O) groups is 1. The van der Waals surface area contributed by atoms with Crippen molar-refractivity contribution in [3.05, 3.63) is 11.9 Å². The lowest BCUT2D eigenvalue weighted by Gasteiger charge is -2.33. The maximum Gasteiger partial charge on any atom is 0.409 e. The molecule has 140 valence electrons. The molecule has 3 rings (SSSR count). The van der Waals surface area contributed by atoms with Gasteiger partial charge >= 0.3 is 6.09 Å². The molecular formula is C16H26N4O4S. The van der Waals surface area contributed by atoms with Crippen molar-refractivity contribution in [2.75, 3.05) is 32.8 Å². The van der Waals surface area contributed by atoms with Crippen LogP contribution in [0.2, 0.25) is 0 Å². The number of aromatic nitrogens is 2. The molecule has 0 unspecified atom stereocenters. The predicted octanol–water partition coefficient (Wildman–Crippen LogP) is 1.77. The number of aryl methyl sites for hydroxylation is 1. The van der Waals surface area contributed by atoms with Gasteiger partial charge in [-0.3, -0.25) is 4.68 Å². The van der Waals surface area contributed by atoms with Crippen molar-refractivity contribution in [2.45, 2.75) is 50.5 Å². The highest BCUT2D eigenvalue weighted by molar-refractivity contribution is 7.89. The van der Waals surface area contributed by atoms with Crippen molar-refractivity contribution in [1.82, 2.24) is 19.0 Å². The molecule has 0 aromatic carbocycles. The molecule has 2 heterocycles. The number of amides is 1. The van der Waals surface area contributed by atoms with Gasteiger partial charge in [-0.1, -0.05) is 12.8 Å². The molecule has 0 radical (unpaired) electrons. The molecule has 0 N–H and O–H groups in total. The van der Waals surface area contributed by atoms with Gasteiger partial charge in [0.15, 0.2) is 0 Å². The second-order valence-corrected chi connectivity index (χ2v) is 8.49. The van der Waals surface area contributed by atoms with E-state index in [4.69, 9.17) is 4.74 Å². The van der Waals surface area contributed by atoms with Crippen molar-refractivity contribution in [3.63, 3.8) is 0 Å². The fourth-order valence-corrected chi connectivity index (χ4v) is 5.12. The summed E-state index contributed by atoms with van der Waals surface area (Å²) in [6, 6.07) is 0.309. The first-order valence-electron chi connectivity index (χ1n) is 8.91. The van der Waals surface area contributed by atoms with Gasteiger partial charge in [-0.15, -0.1) is 0 Å². The van der Waals surface area contributed by atoms with Gasteiger partial charge in [-0.2, -0.15) is 9.40 Å². The Balaban J connectivity index is 1.71. The van der Waals surface area contributed by atoms with E-state index in [1.54, 1.807) is 24.9 Å². The molecule has 0 spiro atoms. The van der Waals surface area contributed by atoms with Gasteiger partial charge < -0.3 is 9.64 Å². The molecular weight excluding hydrogens is 344 g/mol. The first kappa shape index (κ1) is 18.2. The Bertz CT molecular complexity index is 716. The molecule has 2 fully saturated rings. The summed E-state index contributed by atoms with van der Waals surface area (Å²) in [5.74, 6) is 0. The summed E-state index contributed by atoms with van der Waals surface area (Å²) < 4.78 is 34.2. The van der Waals surface area contributed by atoms with Crippen LogP contribution in [0.4, 0.5) is 4.79 Å². The number of piperazine rings is 1. The third-order valence-corrected chi connectivity index (χ3v) is 6.95. The van der Waals surface area contributed by atoms with Crippen LogP contribution < -0.4 is 0 Å². The predicted molar refractivity (Wildman–Crippen MR) is 91.8 cm³/mol. The van der Waals surface area contributed by atoms with E-state index in [0.29, 0.717) is 31.4 Å². The van der Waals surface area contributed by atoms with E-state index in [-0.39, 0.29) is 24.1 Å². The van der Waals surface area contributed by atoms with Crippen LogP contribution in [-0.2, 0) is 14.8 Å². The molecule has 9 heteroatoms. The Kier molecular flexibility index (Phi) is 5.33. The molecule has 0 bridgehead atoms. The normalized spacial score (nSPS) is 20.2.